The molecule has 1 N–H and O–H groups in total. The van der Waals surface area contributed by atoms with Crippen LogP contribution < -0.4 is 0 Å². The van der Waals surface area contributed by atoms with Crippen LogP contribution in [-0.4, -0.2) is 17.5 Å². The van der Waals surface area contributed by atoms with Gasteiger partial charge in [-0.15, -0.1) is 11.3 Å². The molecular formula is C9H13BrOS2. The summed E-state index contributed by atoms with van der Waals surface area (Å²) in [5, 5.41) is 10.9. The van der Waals surface area contributed by atoms with Crippen LogP contribution in [0.5, 0.6) is 0 Å². The number of aliphatic hydroxyl groups excluding tert-OH is 1. The van der Waals surface area contributed by atoms with Crippen LogP contribution in [0.2, 0.25) is 0 Å². The van der Waals surface area contributed by atoms with E-state index in [1.165, 1.54) is 9.35 Å². The highest BCUT2D eigenvalue weighted by atomic mass is 79.9. The maximum absolute atomic E-state index is 8.83. The molecule has 1 aromatic heterocycles. The molecule has 0 bridgehead atoms. The highest BCUT2D eigenvalue weighted by molar-refractivity contribution is 9.10. The average Bonchev–Trinajstić information content (AvgIpc) is 2.52. The first-order valence-electron chi connectivity index (χ1n) is 4.14. The molecule has 4 heteroatoms. The predicted octanol–water partition coefficient (Wildman–Crippen LogP) is 3.37. The lowest BCUT2D eigenvalue weighted by atomic mass is 10.2. The minimum absolute atomic E-state index is 0.290. The Labute approximate surface area is 95.7 Å². The molecule has 0 aliphatic carbocycles. The smallest absolute Gasteiger partial charge is 0.0464 e. The second-order valence-electron chi connectivity index (χ2n) is 2.99. The van der Waals surface area contributed by atoms with Crippen molar-refractivity contribution in [2.45, 2.75) is 12.7 Å². The van der Waals surface area contributed by atoms with Gasteiger partial charge in [0.2, 0.25) is 0 Å². The van der Waals surface area contributed by atoms with Gasteiger partial charge in [0.1, 0.15) is 0 Å². The van der Waals surface area contributed by atoms with Crippen LogP contribution in [0.3, 0.4) is 0 Å². The van der Waals surface area contributed by atoms with Crippen LogP contribution in [0.1, 0.15) is 11.8 Å². The Hall–Kier alpha value is 0.490. The molecule has 74 valence electrons. The SMILES string of the molecule is CC(CO)CSCc1sccc1Br. The van der Waals surface area contributed by atoms with Gasteiger partial charge in [-0.2, -0.15) is 11.8 Å². The van der Waals surface area contributed by atoms with Crippen molar-refractivity contribution in [2.24, 2.45) is 5.92 Å². The van der Waals surface area contributed by atoms with Crippen molar-refractivity contribution in [3.63, 3.8) is 0 Å². The lowest BCUT2D eigenvalue weighted by Crippen LogP contribution is -2.03. The summed E-state index contributed by atoms with van der Waals surface area (Å²) < 4.78 is 1.21. The largest absolute Gasteiger partial charge is 0.396 e. The van der Waals surface area contributed by atoms with Gasteiger partial charge >= 0.3 is 0 Å². The van der Waals surface area contributed by atoms with E-state index >= 15 is 0 Å². The van der Waals surface area contributed by atoms with Crippen molar-refractivity contribution in [2.75, 3.05) is 12.4 Å². The Morgan fingerprint density at radius 2 is 2.46 bits per heavy atom. The van der Waals surface area contributed by atoms with E-state index in [1.54, 1.807) is 11.3 Å². The van der Waals surface area contributed by atoms with E-state index in [2.05, 4.69) is 34.3 Å². The molecule has 1 aromatic rings. The fourth-order valence-electron chi connectivity index (χ4n) is 0.834. The van der Waals surface area contributed by atoms with Crippen molar-refractivity contribution >= 4 is 39.0 Å². The molecule has 1 rings (SSSR count). The molecule has 13 heavy (non-hydrogen) atoms. The summed E-state index contributed by atoms with van der Waals surface area (Å²) in [6.07, 6.45) is 0. The maximum Gasteiger partial charge on any atom is 0.0464 e. The van der Waals surface area contributed by atoms with E-state index in [0.29, 0.717) is 12.5 Å². The summed E-state index contributed by atoms with van der Waals surface area (Å²) in [5.41, 5.74) is 0. The second-order valence-corrected chi connectivity index (χ2v) is 5.88. The average molecular weight is 281 g/mol. The lowest BCUT2D eigenvalue weighted by molar-refractivity contribution is 0.250. The van der Waals surface area contributed by atoms with Gasteiger partial charge in [-0.25, -0.2) is 0 Å². The lowest BCUT2D eigenvalue weighted by Gasteiger charge is -2.05. The van der Waals surface area contributed by atoms with Crippen molar-refractivity contribution < 1.29 is 5.11 Å². The summed E-state index contributed by atoms with van der Waals surface area (Å²) in [4.78, 5) is 1.38. The number of rotatable bonds is 5. The van der Waals surface area contributed by atoms with Crippen LogP contribution in [0, 0.1) is 5.92 Å². The van der Waals surface area contributed by atoms with Crippen LogP contribution >= 0.6 is 39.0 Å². The standard InChI is InChI=1S/C9H13BrOS2/c1-7(4-11)5-12-6-9-8(10)2-3-13-9/h2-3,7,11H,4-6H2,1H3. The molecule has 0 aromatic carbocycles. The van der Waals surface area contributed by atoms with Crippen molar-refractivity contribution in [1.82, 2.24) is 0 Å². The first kappa shape index (κ1) is 11.6. The third-order valence-corrected chi connectivity index (χ3v) is 5.04. The van der Waals surface area contributed by atoms with Gasteiger partial charge in [-0.3, -0.25) is 0 Å². The molecular weight excluding hydrogens is 268 g/mol. The topological polar surface area (TPSA) is 20.2 Å². The Morgan fingerprint density at radius 1 is 1.69 bits per heavy atom. The van der Waals surface area contributed by atoms with Crippen LogP contribution in [0.25, 0.3) is 0 Å². The van der Waals surface area contributed by atoms with Crippen LogP contribution in [0.15, 0.2) is 15.9 Å². The van der Waals surface area contributed by atoms with Crippen molar-refractivity contribution in [3.05, 3.63) is 20.8 Å². The fourth-order valence-corrected chi connectivity index (χ4v) is 3.78. The van der Waals surface area contributed by atoms with Crippen LogP contribution in [0.4, 0.5) is 0 Å². The van der Waals surface area contributed by atoms with Crippen molar-refractivity contribution in [1.29, 1.82) is 0 Å². The summed E-state index contributed by atoms with van der Waals surface area (Å²) in [6, 6.07) is 2.08. The molecule has 1 unspecified atom stereocenters. The Bertz CT molecular complexity index is 250. The summed E-state index contributed by atoms with van der Waals surface area (Å²) in [5.74, 6) is 2.48. The Morgan fingerprint density at radius 3 is 3.00 bits per heavy atom. The first-order chi connectivity index (χ1) is 6.24. The number of thiophene rings is 1. The summed E-state index contributed by atoms with van der Waals surface area (Å²) >= 11 is 7.16. The molecule has 0 saturated carbocycles. The number of hydrogen-bond donors (Lipinski definition) is 1. The van der Waals surface area contributed by atoms with Crippen molar-refractivity contribution in [3.8, 4) is 0 Å². The molecule has 0 fully saturated rings. The van der Waals surface area contributed by atoms with Gasteiger partial charge < -0.3 is 5.11 Å². The molecule has 0 radical (unpaired) electrons. The Balaban J connectivity index is 2.24. The normalized spacial score (nSPS) is 13.2. The highest BCUT2D eigenvalue weighted by Gasteiger charge is 2.03. The molecule has 1 nitrogen and oxygen atoms in total. The summed E-state index contributed by atoms with van der Waals surface area (Å²) in [6.45, 7) is 2.36. The van der Waals surface area contributed by atoms with Gasteiger partial charge in [-0.1, -0.05) is 6.92 Å². The summed E-state index contributed by atoms with van der Waals surface area (Å²) in [7, 11) is 0. The zero-order valence-electron chi connectivity index (χ0n) is 7.50. The van der Waals surface area contributed by atoms with Gasteiger partial charge in [0.05, 0.1) is 0 Å². The van der Waals surface area contributed by atoms with E-state index in [-0.39, 0.29) is 0 Å². The predicted molar refractivity (Wildman–Crippen MR) is 64.4 cm³/mol. The molecule has 0 aliphatic heterocycles. The Kier molecular flexibility index (Phi) is 5.39. The first-order valence-corrected chi connectivity index (χ1v) is 6.97. The zero-order valence-corrected chi connectivity index (χ0v) is 10.7. The zero-order chi connectivity index (χ0) is 9.68. The second kappa shape index (κ2) is 6.06. The van der Waals surface area contributed by atoms with Gasteiger partial charge in [0, 0.05) is 21.7 Å². The van der Waals surface area contributed by atoms with Gasteiger partial charge in [0.15, 0.2) is 0 Å². The molecule has 0 amide bonds. The number of hydrogen-bond acceptors (Lipinski definition) is 3. The van der Waals surface area contributed by atoms with Gasteiger partial charge in [-0.05, 0) is 39.0 Å². The van der Waals surface area contributed by atoms with Gasteiger partial charge in [0.25, 0.3) is 0 Å². The van der Waals surface area contributed by atoms with E-state index in [0.717, 1.165) is 11.5 Å². The maximum atomic E-state index is 8.83. The molecule has 1 atom stereocenters. The minimum Gasteiger partial charge on any atom is -0.396 e. The minimum atomic E-state index is 0.290. The monoisotopic (exact) mass is 280 g/mol. The third-order valence-electron chi connectivity index (χ3n) is 1.64. The molecule has 0 spiro atoms. The molecule has 0 aliphatic rings. The fraction of sp³-hybridized carbons (Fsp3) is 0.556. The molecule has 1 heterocycles. The quantitative estimate of drug-likeness (QED) is 0.893. The highest BCUT2D eigenvalue weighted by Crippen LogP contribution is 2.27. The van der Waals surface area contributed by atoms with Crippen LogP contribution in [-0.2, 0) is 5.75 Å². The third kappa shape index (κ3) is 4.02. The van der Waals surface area contributed by atoms with E-state index in [9.17, 15) is 0 Å². The number of aliphatic hydroxyl groups is 1. The molecule has 0 saturated heterocycles. The number of halogens is 1. The van der Waals surface area contributed by atoms with E-state index < -0.39 is 0 Å². The van der Waals surface area contributed by atoms with E-state index in [4.69, 9.17) is 5.11 Å². The number of thioether (sulfide) groups is 1. The van der Waals surface area contributed by atoms with E-state index in [1.807, 2.05) is 11.8 Å².